The normalized spacial score (nSPS) is 10.5. The molecule has 12 heteroatoms. The lowest BCUT2D eigenvalue weighted by atomic mass is 10.2. The minimum atomic E-state index is -0.603. The van der Waals surface area contributed by atoms with Crippen molar-refractivity contribution in [2.45, 2.75) is 19.9 Å². The van der Waals surface area contributed by atoms with Crippen molar-refractivity contribution in [2.24, 2.45) is 0 Å². The van der Waals surface area contributed by atoms with Crippen molar-refractivity contribution in [3.8, 4) is 0 Å². The molecule has 0 radical (unpaired) electrons. The van der Waals surface area contributed by atoms with Crippen molar-refractivity contribution < 1.29 is 14.6 Å². The van der Waals surface area contributed by atoms with Gasteiger partial charge in [-0.05, 0) is 43.7 Å². The molecule has 0 fully saturated rings. The summed E-state index contributed by atoms with van der Waals surface area (Å²) in [6.07, 6.45) is 0.0234. The number of nitrogens with zero attached hydrogens (tertiary/aromatic N) is 4. The highest BCUT2D eigenvalue weighted by atomic mass is 79.9. The second-order valence-electron chi connectivity index (χ2n) is 4.96. The predicted octanol–water partition coefficient (Wildman–Crippen LogP) is 3.56. The third-order valence-corrected chi connectivity index (χ3v) is 4.46. The summed E-state index contributed by atoms with van der Waals surface area (Å²) < 4.78 is 2.08. The molecule has 0 bridgehead atoms. The Morgan fingerprint density at radius 1 is 1.20 bits per heavy atom. The topological polar surface area (TPSA) is 133 Å². The number of nitro groups is 2. The van der Waals surface area contributed by atoms with Gasteiger partial charge in [0.1, 0.15) is 0 Å². The van der Waals surface area contributed by atoms with Gasteiger partial charge in [-0.2, -0.15) is 4.68 Å². The van der Waals surface area contributed by atoms with Gasteiger partial charge in [0, 0.05) is 27.5 Å². The Morgan fingerprint density at radius 3 is 2.28 bits per heavy atom. The summed E-state index contributed by atoms with van der Waals surface area (Å²) in [7, 11) is 0. The number of nitrogens with one attached hydrogen (secondary N) is 1. The van der Waals surface area contributed by atoms with E-state index in [1.165, 1.54) is 22.9 Å². The number of anilines is 1. The number of halogens is 2. The Bertz CT molecular complexity index is 843. The lowest BCUT2D eigenvalue weighted by molar-refractivity contribution is -0.389. The quantitative estimate of drug-likeness (QED) is 0.500. The maximum Gasteiger partial charge on any atom is 0.390 e. The number of rotatable bonds is 6. The van der Waals surface area contributed by atoms with E-state index in [0.29, 0.717) is 20.3 Å². The van der Waals surface area contributed by atoms with Crippen molar-refractivity contribution in [2.75, 3.05) is 5.32 Å². The van der Waals surface area contributed by atoms with Gasteiger partial charge in [0.25, 0.3) is 5.69 Å². The average Bonchev–Trinajstić information content (AvgIpc) is 2.90. The molecule has 0 unspecified atom stereocenters. The fourth-order valence-electron chi connectivity index (χ4n) is 2.00. The molecule has 0 saturated heterocycles. The van der Waals surface area contributed by atoms with Crippen LogP contribution in [-0.4, -0.2) is 25.5 Å². The summed E-state index contributed by atoms with van der Waals surface area (Å²) in [4.78, 5) is 32.4. The standard InChI is InChI=1S/C13H11Br2N5O5/c1-7-4-11(20(24)25)17-18(7)3-2-12(21)16-13-9(14)5-8(19(22)23)6-10(13)15/h4-6H,2-3H2,1H3,(H,16,21). The number of hydrogen-bond donors (Lipinski definition) is 1. The summed E-state index contributed by atoms with van der Waals surface area (Å²) >= 11 is 6.36. The summed E-state index contributed by atoms with van der Waals surface area (Å²) in [5.41, 5.74) is 0.798. The molecule has 0 saturated carbocycles. The number of benzene rings is 1. The zero-order valence-electron chi connectivity index (χ0n) is 12.7. The zero-order valence-corrected chi connectivity index (χ0v) is 15.9. The first-order valence-corrected chi connectivity index (χ1v) is 8.39. The van der Waals surface area contributed by atoms with Gasteiger partial charge < -0.3 is 15.4 Å². The van der Waals surface area contributed by atoms with Crippen LogP contribution in [0.5, 0.6) is 0 Å². The SMILES string of the molecule is Cc1cc([N+](=O)[O-])nn1CCC(=O)Nc1c(Br)cc([N+](=O)[O-])cc1Br. The van der Waals surface area contributed by atoms with Crippen LogP contribution in [0.4, 0.5) is 17.2 Å². The molecule has 1 N–H and O–H groups in total. The largest absolute Gasteiger partial charge is 0.390 e. The fraction of sp³-hybridized carbons (Fsp3) is 0.231. The van der Waals surface area contributed by atoms with Crippen LogP contribution in [0.2, 0.25) is 0 Å². The van der Waals surface area contributed by atoms with Gasteiger partial charge in [-0.15, -0.1) is 0 Å². The van der Waals surface area contributed by atoms with Gasteiger partial charge in [-0.1, -0.05) is 0 Å². The van der Waals surface area contributed by atoms with E-state index in [1.807, 2.05) is 0 Å². The van der Waals surface area contributed by atoms with E-state index in [-0.39, 0.29) is 30.4 Å². The van der Waals surface area contributed by atoms with E-state index in [0.717, 1.165) is 0 Å². The van der Waals surface area contributed by atoms with E-state index >= 15 is 0 Å². The first-order chi connectivity index (χ1) is 11.7. The van der Waals surface area contributed by atoms with Crippen LogP contribution < -0.4 is 5.32 Å². The Morgan fingerprint density at radius 2 is 1.80 bits per heavy atom. The molecule has 1 aromatic carbocycles. The fourth-order valence-corrected chi connectivity index (χ4v) is 3.36. The van der Waals surface area contributed by atoms with Gasteiger partial charge in [-0.3, -0.25) is 14.9 Å². The minimum Gasteiger partial charge on any atom is -0.358 e. The number of aromatic nitrogens is 2. The third-order valence-electron chi connectivity index (χ3n) is 3.21. The van der Waals surface area contributed by atoms with Crippen molar-refractivity contribution in [1.82, 2.24) is 9.78 Å². The molecule has 0 aliphatic carbocycles. The molecule has 132 valence electrons. The summed E-state index contributed by atoms with van der Waals surface area (Å²) in [5.74, 6) is -0.647. The highest BCUT2D eigenvalue weighted by molar-refractivity contribution is 9.11. The molecule has 25 heavy (non-hydrogen) atoms. The van der Waals surface area contributed by atoms with Crippen molar-refractivity contribution >= 4 is 55.0 Å². The highest BCUT2D eigenvalue weighted by Crippen LogP contribution is 2.35. The second kappa shape index (κ2) is 7.70. The molecule has 10 nitrogen and oxygen atoms in total. The Kier molecular flexibility index (Phi) is 5.85. The molecule has 1 aromatic heterocycles. The van der Waals surface area contributed by atoms with E-state index < -0.39 is 9.85 Å². The maximum atomic E-state index is 12.1. The molecular weight excluding hydrogens is 466 g/mol. The Labute approximate surface area is 157 Å². The minimum absolute atomic E-state index is 0.0234. The van der Waals surface area contributed by atoms with Gasteiger partial charge in [0.15, 0.2) is 0 Å². The van der Waals surface area contributed by atoms with E-state index in [9.17, 15) is 25.0 Å². The first kappa shape index (κ1) is 19.0. The molecular formula is C13H11Br2N5O5. The highest BCUT2D eigenvalue weighted by Gasteiger charge is 2.18. The van der Waals surface area contributed by atoms with E-state index in [2.05, 4.69) is 42.3 Å². The predicted molar refractivity (Wildman–Crippen MR) is 95.4 cm³/mol. The number of hydrogen-bond acceptors (Lipinski definition) is 6. The monoisotopic (exact) mass is 475 g/mol. The lowest BCUT2D eigenvalue weighted by Gasteiger charge is -2.09. The van der Waals surface area contributed by atoms with Gasteiger partial charge in [-0.25, -0.2) is 0 Å². The average molecular weight is 477 g/mol. The van der Waals surface area contributed by atoms with Crippen molar-refractivity contribution in [3.05, 3.63) is 53.1 Å². The van der Waals surface area contributed by atoms with E-state index in [1.54, 1.807) is 6.92 Å². The third kappa shape index (κ3) is 4.60. The van der Waals surface area contributed by atoms with E-state index in [4.69, 9.17) is 0 Å². The molecule has 0 atom stereocenters. The summed E-state index contributed by atoms with van der Waals surface area (Å²) in [5, 5.41) is 27.9. The lowest BCUT2D eigenvalue weighted by Crippen LogP contribution is -2.16. The smallest absolute Gasteiger partial charge is 0.358 e. The number of nitro benzene ring substituents is 1. The van der Waals surface area contributed by atoms with Gasteiger partial charge >= 0.3 is 5.82 Å². The molecule has 2 aromatic rings. The Balaban J connectivity index is 2.06. The second-order valence-corrected chi connectivity index (χ2v) is 6.67. The summed E-state index contributed by atoms with van der Waals surface area (Å²) in [6, 6.07) is 3.88. The van der Waals surface area contributed by atoms with Gasteiger partial charge in [0.05, 0.1) is 34.0 Å². The number of non-ortho nitro benzene ring substituents is 1. The van der Waals surface area contributed by atoms with Crippen LogP contribution in [-0.2, 0) is 11.3 Å². The van der Waals surface area contributed by atoms with Crippen LogP contribution in [0, 0.1) is 27.2 Å². The maximum absolute atomic E-state index is 12.1. The van der Waals surface area contributed by atoms with Gasteiger partial charge in [0.2, 0.25) is 5.91 Å². The molecule has 1 heterocycles. The number of carbonyl (C=O) groups excluding carboxylic acids is 1. The van der Waals surface area contributed by atoms with Crippen LogP contribution in [0.15, 0.2) is 27.1 Å². The number of amides is 1. The van der Waals surface area contributed by atoms with Crippen molar-refractivity contribution in [1.29, 1.82) is 0 Å². The summed E-state index contributed by atoms with van der Waals surface area (Å²) in [6.45, 7) is 1.81. The first-order valence-electron chi connectivity index (χ1n) is 6.81. The molecule has 2 rings (SSSR count). The zero-order chi connectivity index (χ0) is 18.7. The molecule has 0 spiro atoms. The van der Waals surface area contributed by atoms with Crippen LogP contribution in [0.25, 0.3) is 0 Å². The van der Waals surface area contributed by atoms with Crippen LogP contribution >= 0.6 is 31.9 Å². The molecule has 0 aliphatic rings. The number of aryl methyl sites for hydroxylation is 2. The van der Waals surface area contributed by atoms with Crippen molar-refractivity contribution in [3.63, 3.8) is 0 Å². The van der Waals surface area contributed by atoms with Crippen LogP contribution in [0.3, 0.4) is 0 Å². The number of carbonyl (C=O) groups is 1. The van der Waals surface area contributed by atoms with Crippen LogP contribution in [0.1, 0.15) is 12.1 Å². The Hall–Kier alpha value is -2.34. The molecule has 1 amide bonds. The molecule has 0 aliphatic heterocycles.